The first-order chi connectivity index (χ1) is 8.87. The van der Waals surface area contributed by atoms with Crippen LogP contribution in [0.3, 0.4) is 0 Å². The van der Waals surface area contributed by atoms with Crippen molar-refractivity contribution in [2.45, 2.75) is 19.9 Å². The summed E-state index contributed by atoms with van der Waals surface area (Å²) in [5.74, 6) is 1.51. The van der Waals surface area contributed by atoms with Gasteiger partial charge in [-0.05, 0) is 23.6 Å². The fraction of sp³-hybridized carbons (Fsp3) is 0.538. The van der Waals surface area contributed by atoms with Crippen molar-refractivity contribution in [3.63, 3.8) is 0 Å². The Morgan fingerprint density at radius 2 is 1.79 bits per heavy atom. The van der Waals surface area contributed by atoms with Crippen LogP contribution in [0.5, 0.6) is 11.5 Å². The predicted octanol–water partition coefficient (Wildman–Crippen LogP) is 1.70. The zero-order valence-electron chi connectivity index (χ0n) is 11.3. The fourth-order valence-electron chi connectivity index (χ4n) is 2.07. The van der Waals surface area contributed by atoms with Crippen LogP contribution in [-0.4, -0.2) is 27.9 Å². The van der Waals surface area contributed by atoms with Gasteiger partial charge in [0.05, 0.1) is 6.26 Å². The summed E-state index contributed by atoms with van der Waals surface area (Å²) in [5, 5.41) is 0. The summed E-state index contributed by atoms with van der Waals surface area (Å²) in [5.41, 5.74) is 0.879. The van der Waals surface area contributed by atoms with Crippen LogP contribution < -0.4 is 14.2 Å². The number of nitrogens with one attached hydrogen (secondary N) is 1. The molecule has 2 rings (SSSR count). The molecule has 6 heteroatoms. The molecular weight excluding hydrogens is 266 g/mol. The van der Waals surface area contributed by atoms with E-state index < -0.39 is 10.0 Å². The van der Waals surface area contributed by atoms with E-state index in [4.69, 9.17) is 9.47 Å². The first-order valence-corrected chi connectivity index (χ1v) is 8.13. The lowest BCUT2D eigenvalue weighted by Gasteiger charge is -2.24. The highest BCUT2D eigenvalue weighted by atomic mass is 32.2. The van der Waals surface area contributed by atoms with E-state index in [2.05, 4.69) is 4.72 Å². The van der Waals surface area contributed by atoms with E-state index in [1.54, 1.807) is 0 Å². The highest BCUT2D eigenvalue weighted by Crippen LogP contribution is 2.34. The molecule has 0 aromatic heterocycles. The van der Waals surface area contributed by atoms with E-state index in [0.29, 0.717) is 24.7 Å². The lowest BCUT2D eigenvalue weighted by Crippen LogP contribution is -2.31. The molecule has 0 bridgehead atoms. The Bertz CT molecular complexity index is 554. The predicted molar refractivity (Wildman–Crippen MR) is 73.0 cm³/mol. The molecule has 1 heterocycles. The minimum Gasteiger partial charge on any atom is -0.486 e. The number of hydrogen-bond acceptors (Lipinski definition) is 4. The zero-order chi connectivity index (χ0) is 14.0. The third-order valence-corrected chi connectivity index (χ3v) is 3.62. The average molecular weight is 285 g/mol. The van der Waals surface area contributed by atoms with Gasteiger partial charge < -0.3 is 9.47 Å². The molecule has 0 spiro atoms. The maximum atomic E-state index is 11.4. The van der Waals surface area contributed by atoms with Crippen molar-refractivity contribution in [3.05, 3.63) is 23.8 Å². The summed E-state index contributed by atoms with van der Waals surface area (Å²) in [4.78, 5) is 0. The monoisotopic (exact) mass is 285 g/mol. The second-order valence-corrected chi connectivity index (χ2v) is 6.79. The van der Waals surface area contributed by atoms with Crippen LogP contribution in [0, 0.1) is 5.92 Å². The molecule has 19 heavy (non-hydrogen) atoms. The summed E-state index contributed by atoms with van der Waals surface area (Å²) in [6, 6.07) is 5.27. The molecular formula is C13H19NO4S. The first kappa shape index (κ1) is 14.1. The molecule has 0 aliphatic carbocycles. The van der Waals surface area contributed by atoms with Gasteiger partial charge in [0.1, 0.15) is 13.2 Å². The normalized spacial score (nSPS) is 16.4. The lowest BCUT2D eigenvalue weighted by atomic mass is 9.97. The number of benzene rings is 1. The minimum atomic E-state index is -3.26. The molecule has 1 aliphatic heterocycles. The molecule has 1 aliphatic rings. The second kappa shape index (κ2) is 5.38. The molecule has 0 unspecified atom stereocenters. The Morgan fingerprint density at radius 1 is 1.16 bits per heavy atom. The summed E-state index contributed by atoms with van der Waals surface area (Å²) in [6.07, 6.45) is 1.17. The van der Waals surface area contributed by atoms with Crippen molar-refractivity contribution in [1.82, 2.24) is 4.72 Å². The Hall–Kier alpha value is -1.27. The van der Waals surface area contributed by atoms with Crippen molar-refractivity contribution >= 4 is 10.0 Å². The molecule has 1 aromatic carbocycles. The Morgan fingerprint density at radius 3 is 2.37 bits per heavy atom. The first-order valence-electron chi connectivity index (χ1n) is 6.23. The Kier molecular flexibility index (Phi) is 4.01. The van der Waals surface area contributed by atoms with Gasteiger partial charge in [-0.25, -0.2) is 13.1 Å². The van der Waals surface area contributed by atoms with Gasteiger partial charge in [-0.15, -0.1) is 0 Å². The van der Waals surface area contributed by atoms with E-state index in [1.807, 2.05) is 32.0 Å². The summed E-state index contributed by atoms with van der Waals surface area (Å²) >= 11 is 0. The van der Waals surface area contributed by atoms with Gasteiger partial charge in [-0.3, -0.25) is 0 Å². The molecule has 1 atom stereocenters. The number of sulfonamides is 1. The molecule has 0 fully saturated rings. The SMILES string of the molecule is CC(C)[C@H](NS(C)(=O)=O)c1ccc2c(c1)OCCO2. The molecule has 0 amide bonds. The molecule has 1 aromatic rings. The average Bonchev–Trinajstić information content (AvgIpc) is 2.34. The maximum Gasteiger partial charge on any atom is 0.209 e. The van der Waals surface area contributed by atoms with Crippen LogP contribution in [0.2, 0.25) is 0 Å². The van der Waals surface area contributed by atoms with Crippen LogP contribution >= 0.6 is 0 Å². The van der Waals surface area contributed by atoms with Gasteiger partial charge in [0.2, 0.25) is 10.0 Å². The minimum absolute atomic E-state index is 0.136. The van der Waals surface area contributed by atoms with Crippen molar-refractivity contribution in [3.8, 4) is 11.5 Å². The molecule has 0 saturated carbocycles. The zero-order valence-corrected chi connectivity index (χ0v) is 12.2. The molecule has 106 valence electrons. The number of fused-ring (bicyclic) bond motifs is 1. The Balaban J connectivity index is 2.32. The molecule has 5 nitrogen and oxygen atoms in total. The summed E-state index contributed by atoms with van der Waals surface area (Å²) < 4.78 is 36.5. The van der Waals surface area contributed by atoms with Gasteiger partial charge in [0, 0.05) is 6.04 Å². The van der Waals surface area contributed by atoms with Gasteiger partial charge in [0.15, 0.2) is 11.5 Å². The van der Waals surface area contributed by atoms with Crippen LogP contribution in [0.25, 0.3) is 0 Å². The molecule has 0 saturated heterocycles. The van der Waals surface area contributed by atoms with Crippen molar-refractivity contribution in [2.75, 3.05) is 19.5 Å². The summed E-state index contributed by atoms with van der Waals surface area (Å²) in [7, 11) is -3.26. The van der Waals surface area contributed by atoms with Crippen LogP contribution in [-0.2, 0) is 10.0 Å². The van der Waals surface area contributed by atoms with E-state index >= 15 is 0 Å². The topological polar surface area (TPSA) is 64.6 Å². The number of hydrogen-bond donors (Lipinski definition) is 1. The van der Waals surface area contributed by atoms with Gasteiger partial charge in [0.25, 0.3) is 0 Å². The van der Waals surface area contributed by atoms with Gasteiger partial charge >= 0.3 is 0 Å². The van der Waals surface area contributed by atoms with Gasteiger partial charge in [-0.1, -0.05) is 19.9 Å². The second-order valence-electron chi connectivity index (χ2n) is 5.01. The maximum absolute atomic E-state index is 11.4. The standard InChI is InChI=1S/C13H19NO4S/c1-9(2)13(14-19(3,15)16)10-4-5-11-12(8-10)18-7-6-17-11/h4-5,8-9,13-14H,6-7H2,1-3H3/t13-/m0/s1. The number of ether oxygens (including phenoxy) is 2. The highest BCUT2D eigenvalue weighted by Gasteiger charge is 2.22. The third kappa shape index (κ3) is 3.61. The van der Waals surface area contributed by atoms with E-state index in [9.17, 15) is 8.42 Å². The van der Waals surface area contributed by atoms with E-state index in [-0.39, 0.29) is 12.0 Å². The molecule has 1 N–H and O–H groups in total. The summed E-state index contributed by atoms with van der Waals surface area (Å²) in [6.45, 7) is 5.00. The van der Waals surface area contributed by atoms with Crippen LogP contribution in [0.4, 0.5) is 0 Å². The quantitative estimate of drug-likeness (QED) is 0.914. The Labute approximate surface area is 114 Å². The van der Waals surface area contributed by atoms with Crippen LogP contribution in [0.15, 0.2) is 18.2 Å². The number of rotatable bonds is 4. The van der Waals surface area contributed by atoms with Crippen molar-refractivity contribution in [1.29, 1.82) is 0 Å². The van der Waals surface area contributed by atoms with Crippen LogP contribution in [0.1, 0.15) is 25.5 Å². The molecule has 0 radical (unpaired) electrons. The van der Waals surface area contributed by atoms with Gasteiger partial charge in [-0.2, -0.15) is 0 Å². The van der Waals surface area contributed by atoms with E-state index in [0.717, 1.165) is 5.56 Å². The largest absolute Gasteiger partial charge is 0.486 e. The lowest BCUT2D eigenvalue weighted by molar-refractivity contribution is 0.171. The van der Waals surface area contributed by atoms with E-state index in [1.165, 1.54) is 6.26 Å². The van der Waals surface area contributed by atoms with Crippen molar-refractivity contribution < 1.29 is 17.9 Å². The fourth-order valence-corrected chi connectivity index (χ4v) is 2.94. The van der Waals surface area contributed by atoms with Crippen molar-refractivity contribution in [2.24, 2.45) is 5.92 Å². The third-order valence-electron chi connectivity index (χ3n) is 2.93. The highest BCUT2D eigenvalue weighted by molar-refractivity contribution is 7.88. The smallest absolute Gasteiger partial charge is 0.209 e.